The minimum atomic E-state index is -0.00800. The number of benzene rings is 1. The van der Waals surface area contributed by atoms with E-state index in [1.165, 1.54) is 16.7 Å². The second-order valence-electron chi connectivity index (χ2n) is 4.38. The lowest BCUT2D eigenvalue weighted by atomic mass is 9.98. The number of nitrogens with zero attached hydrogens (tertiary/aromatic N) is 1. The van der Waals surface area contributed by atoms with E-state index in [-0.39, 0.29) is 11.5 Å². The molecule has 0 saturated carbocycles. The molecule has 0 spiro atoms. The molecule has 1 aliphatic heterocycles. The molecule has 0 amide bonds. The van der Waals surface area contributed by atoms with Crippen molar-refractivity contribution in [3.8, 4) is 0 Å². The van der Waals surface area contributed by atoms with E-state index in [1.54, 1.807) is 0 Å². The van der Waals surface area contributed by atoms with Crippen molar-refractivity contribution in [2.24, 2.45) is 5.16 Å². The van der Waals surface area contributed by atoms with Crippen molar-refractivity contribution in [3.63, 3.8) is 0 Å². The Morgan fingerprint density at radius 1 is 1.44 bits per heavy atom. The Labute approximate surface area is 101 Å². The third-order valence-corrected chi connectivity index (χ3v) is 3.19. The van der Waals surface area contributed by atoms with Crippen LogP contribution >= 0.6 is 11.6 Å². The van der Waals surface area contributed by atoms with Gasteiger partial charge in [-0.1, -0.05) is 22.9 Å². The fourth-order valence-electron chi connectivity index (χ4n) is 1.85. The number of halogens is 1. The second kappa shape index (κ2) is 4.46. The fraction of sp³-hybridized carbons (Fsp3) is 0.462. The van der Waals surface area contributed by atoms with E-state index in [2.05, 4.69) is 37.2 Å². The Morgan fingerprint density at radius 3 is 2.81 bits per heavy atom. The summed E-state index contributed by atoms with van der Waals surface area (Å²) >= 11 is 6.01. The van der Waals surface area contributed by atoms with Gasteiger partial charge in [0.15, 0.2) is 0 Å². The molecule has 0 N–H and O–H groups in total. The van der Waals surface area contributed by atoms with Crippen molar-refractivity contribution >= 4 is 17.3 Å². The number of hydrogen-bond acceptors (Lipinski definition) is 2. The molecule has 1 aromatic carbocycles. The molecule has 2 unspecified atom stereocenters. The first-order valence-electron chi connectivity index (χ1n) is 5.52. The molecule has 2 atom stereocenters. The van der Waals surface area contributed by atoms with E-state index in [0.29, 0.717) is 0 Å². The largest absolute Gasteiger partial charge is 0.390 e. The highest BCUT2D eigenvalue weighted by Crippen LogP contribution is 2.23. The molecule has 16 heavy (non-hydrogen) atoms. The Kier molecular flexibility index (Phi) is 3.20. The molecule has 2 rings (SSSR count). The topological polar surface area (TPSA) is 21.6 Å². The summed E-state index contributed by atoms with van der Waals surface area (Å²) in [5.41, 5.74) is 4.67. The van der Waals surface area contributed by atoms with Crippen LogP contribution in [0.1, 0.15) is 30.0 Å². The lowest BCUT2D eigenvalue weighted by molar-refractivity contribution is 0.0855. The Balaban J connectivity index is 2.23. The average Bonchev–Trinajstić information content (AvgIpc) is 2.70. The minimum absolute atomic E-state index is 0.00800. The molecule has 86 valence electrons. The van der Waals surface area contributed by atoms with Gasteiger partial charge < -0.3 is 4.84 Å². The smallest absolute Gasteiger partial charge is 0.149 e. The van der Waals surface area contributed by atoms with Crippen molar-refractivity contribution in [2.75, 3.05) is 0 Å². The van der Waals surface area contributed by atoms with E-state index < -0.39 is 0 Å². The first-order valence-corrected chi connectivity index (χ1v) is 5.96. The number of alkyl halides is 1. The van der Waals surface area contributed by atoms with Gasteiger partial charge in [0, 0.05) is 12.0 Å². The average molecular weight is 238 g/mol. The maximum absolute atomic E-state index is 6.01. The van der Waals surface area contributed by atoms with Crippen LogP contribution in [0.4, 0.5) is 0 Å². The predicted octanol–water partition coefficient (Wildman–Crippen LogP) is 3.42. The van der Waals surface area contributed by atoms with Crippen LogP contribution in [0.15, 0.2) is 23.4 Å². The highest BCUT2D eigenvalue weighted by molar-refractivity contribution is 6.21. The molecule has 0 aliphatic carbocycles. The molecule has 1 heterocycles. The van der Waals surface area contributed by atoms with Crippen molar-refractivity contribution in [3.05, 3.63) is 34.9 Å². The Morgan fingerprint density at radius 2 is 2.19 bits per heavy atom. The van der Waals surface area contributed by atoms with Gasteiger partial charge in [0.25, 0.3) is 0 Å². The van der Waals surface area contributed by atoms with E-state index in [9.17, 15) is 0 Å². The van der Waals surface area contributed by atoms with Gasteiger partial charge in [0.05, 0.1) is 11.1 Å². The fourth-order valence-corrected chi connectivity index (χ4v) is 1.98. The van der Waals surface area contributed by atoms with E-state index in [4.69, 9.17) is 16.4 Å². The SMILES string of the molecule is Cc1ccc(C)c(C2=NOC(C(C)Cl)C2)c1. The van der Waals surface area contributed by atoms with Gasteiger partial charge in [-0.05, 0) is 32.4 Å². The summed E-state index contributed by atoms with van der Waals surface area (Å²) in [6.07, 6.45) is 0.811. The van der Waals surface area contributed by atoms with E-state index >= 15 is 0 Å². The second-order valence-corrected chi connectivity index (χ2v) is 5.07. The normalized spacial score (nSPS) is 21.5. The summed E-state index contributed by atoms with van der Waals surface area (Å²) in [6.45, 7) is 6.11. The standard InChI is InChI=1S/C13H16ClNO/c1-8-4-5-9(2)11(6-8)12-7-13(10(3)14)16-15-12/h4-6,10,13H,7H2,1-3H3. The number of rotatable bonds is 2. The lowest BCUT2D eigenvalue weighted by Gasteiger charge is -2.09. The monoisotopic (exact) mass is 237 g/mol. The zero-order chi connectivity index (χ0) is 11.7. The van der Waals surface area contributed by atoms with Crippen LogP contribution < -0.4 is 0 Å². The van der Waals surface area contributed by atoms with Gasteiger partial charge >= 0.3 is 0 Å². The van der Waals surface area contributed by atoms with Crippen molar-refractivity contribution in [2.45, 2.75) is 38.7 Å². The Bertz CT molecular complexity index is 426. The summed E-state index contributed by atoms with van der Waals surface area (Å²) in [5, 5.41) is 4.13. The summed E-state index contributed by atoms with van der Waals surface area (Å²) in [7, 11) is 0. The third-order valence-electron chi connectivity index (χ3n) is 2.91. The van der Waals surface area contributed by atoms with Gasteiger partial charge in [0.1, 0.15) is 6.10 Å². The molecule has 0 fully saturated rings. The molecular weight excluding hydrogens is 222 g/mol. The van der Waals surface area contributed by atoms with Crippen LogP contribution in [-0.2, 0) is 4.84 Å². The predicted molar refractivity (Wildman–Crippen MR) is 67.3 cm³/mol. The van der Waals surface area contributed by atoms with Crippen LogP contribution in [-0.4, -0.2) is 17.2 Å². The van der Waals surface area contributed by atoms with Crippen molar-refractivity contribution in [1.29, 1.82) is 0 Å². The zero-order valence-corrected chi connectivity index (χ0v) is 10.6. The van der Waals surface area contributed by atoms with Crippen LogP contribution in [0, 0.1) is 13.8 Å². The molecule has 3 heteroatoms. The van der Waals surface area contributed by atoms with E-state index in [0.717, 1.165) is 12.1 Å². The molecular formula is C13H16ClNO. The van der Waals surface area contributed by atoms with Crippen LogP contribution in [0.2, 0.25) is 0 Å². The number of oxime groups is 1. The molecule has 2 nitrogen and oxygen atoms in total. The lowest BCUT2D eigenvalue weighted by Crippen LogP contribution is -2.18. The summed E-state index contributed by atoms with van der Waals surface area (Å²) in [5.74, 6) is 0. The maximum Gasteiger partial charge on any atom is 0.149 e. The molecule has 0 saturated heterocycles. The van der Waals surface area contributed by atoms with Gasteiger partial charge in [-0.3, -0.25) is 0 Å². The summed E-state index contributed by atoms with van der Waals surface area (Å²) < 4.78 is 0. The van der Waals surface area contributed by atoms with Crippen LogP contribution in [0.25, 0.3) is 0 Å². The first-order chi connectivity index (χ1) is 7.58. The maximum atomic E-state index is 6.01. The number of aryl methyl sites for hydroxylation is 2. The summed E-state index contributed by atoms with van der Waals surface area (Å²) in [4.78, 5) is 5.33. The van der Waals surface area contributed by atoms with Gasteiger partial charge in [-0.25, -0.2) is 0 Å². The van der Waals surface area contributed by atoms with Gasteiger partial charge in [-0.2, -0.15) is 0 Å². The van der Waals surface area contributed by atoms with Gasteiger partial charge in [-0.15, -0.1) is 11.6 Å². The van der Waals surface area contributed by atoms with Crippen molar-refractivity contribution in [1.82, 2.24) is 0 Å². The molecule has 0 bridgehead atoms. The van der Waals surface area contributed by atoms with Crippen LogP contribution in [0.3, 0.4) is 0 Å². The van der Waals surface area contributed by atoms with Crippen LogP contribution in [0.5, 0.6) is 0 Å². The quantitative estimate of drug-likeness (QED) is 0.723. The zero-order valence-electron chi connectivity index (χ0n) is 9.83. The van der Waals surface area contributed by atoms with Crippen molar-refractivity contribution < 1.29 is 4.84 Å². The summed E-state index contributed by atoms with van der Waals surface area (Å²) in [6, 6.07) is 6.38. The first kappa shape index (κ1) is 11.5. The number of hydrogen-bond donors (Lipinski definition) is 0. The highest BCUT2D eigenvalue weighted by atomic mass is 35.5. The minimum Gasteiger partial charge on any atom is -0.390 e. The Hall–Kier alpha value is -1.02. The molecule has 0 radical (unpaired) electrons. The molecule has 0 aromatic heterocycles. The molecule has 1 aliphatic rings. The molecule has 1 aromatic rings. The van der Waals surface area contributed by atoms with Gasteiger partial charge in [0.2, 0.25) is 0 Å². The third kappa shape index (κ3) is 2.22. The van der Waals surface area contributed by atoms with E-state index in [1.807, 2.05) is 6.92 Å². The highest BCUT2D eigenvalue weighted by Gasteiger charge is 2.26.